The summed E-state index contributed by atoms with van der Waals surface area (Å²) in [6.07, 6.45) is 1.63. The zero-order valence-corrected chi connectivity index (χ0v) is 22.2. The van der Waals surface area contributed by atoms with E-state index in [1.807, 2.05) is 68.4 Å². The van der Waals surface area contributed by atoms with Crippen LogP contribution in [0.1, 0.15) is 21.7 Å². The Morgan fingerprint density at radius 2 is 1.64 bits per heavy atom. The summed E-state index contributed by atoms with van der Waals surface area (Å²) in [5.74, 6) is -0.258. The molecule has 8 heteroatoms. The minimum atomic E-state index is -0.754. The van der Waals surface area contributed by atoms with E-state index < -0.39 is 11.7 Å². The molecule has 0 bridgehead atoms. The Morgan fingerprint density at radius 1 is 0.897 bits per heavy atom. The first-order valence-electron chi connectivity index (χ1n) is 12.4. The fraction of sp³-hybridized carbons (Fsp3) is 0.129. The summed E-state index contributed by atoms with van der Waals surface area (Å²) in [7, 11) is 0. The van der Waals surface area contributed by atoms with E-state index in [-0.39, 0.29) is 5.69 Å². The van der Waals surface area contributed by atoms with Crippen molar-refractivity contribution in [1.82, 2.24) is 9.38 Å². The molecular weight excluding hydrogens is 514 g/mol. The molecule has 5 aromatic rings. The molecule has 0 saturated carbocycles. The van der Waals surface area contributed by atoms with Crippen LogP contribution in [0.5, 0.6) is 11.6 Å². The molecule has 5 rings (SSSR count). The van der Waals surface area contributed by atoms with E-state index >= 15 is 0 Å². The number of nitrogens with zero attached hydrogens (tertiary/aromatic N) is 2. The summed E-state index contributed by atoms with van der Waals surface area (Å²) >= 11 is 6.21. The first-order valence-corrected chi connectivity index (χ1v) is 12.8. The number of Topliss-reactive ketones (excluding diaryl/α,β-unsaturated/α-hetero) is 1. The van der Waals surface area contributed by atoms with Crippen molar-refractivity contribution in [3.63, 3.8) is 0 Å². The van der Waals surface area contributed by atoms with Crippen molar-refractivity contribution in [2.45, 2.75) is 13.8 Å². The number of pyridine rings is 2. The molecule has 0 aliphatic heterocycles. The first-order chi connectivity index (χ1) is 18.9. The first kappa shape index (κ1) is 26.0. The second kappa shape index (κ2) is 11.4. The van der Waals surface area contributed by atoms with Crippen molar-refractivity contribution in [3.05, 3.63) is 113 Å². The van der Waals surface area contributed by atoms with Crippen LogP contribution < -0.4 is 14.8 Å². The number of carbonyl (C=O) groups is 2. The van der Waals surface area contributed by atoms with Gasteiger partial charge in [-0.3, -0.25) is 9.59 Å². The minimum absolute atomic E-state index is 0.245. The van der Waals surface area contributed by atoms with Crippen LogP contribution in [0.15, 0.2) is 91.1 Å². The smallest absolute Gasteiger partial charge is 0.298 e. The molecule has 0 fully saturated rings. The highest BCUT2D eigenvalue weighted by Crippen LogP contribution is 2.29. The lowest BCUT2D eigenvalue weighted by molar-refractivity contribution is -0.112. The molecule has 3 heterocycles. The number of fused-ring (bicyclic) bond motifs is 1. The quantitative estimate of drug-likeness (QED) is 0.130. The van der Waals surface area contributed by atoms with E-state index in [0.29, 0.717) is 41.1 Å². The van der Waals surface area contributed by atoms with Gasteiger partial charge in [-0.05, 0) is 73.5 Å². The van der Waals surface area contributed by atoms with Crippen LogP contribution in [0, 0.1) is 13.8 Å². The number of nitrogens with one attached hydrogen (secondary N) is 1. The highest BCUT2D eigenvalue weighted by atomic mass is 35.5. The standard InChI is InChI=1S/C31H26ClN3O4/c1-20-16-21(2)33-28(17-20)39-15-14-38-26-12-9-24(10-13-26)34-31(37)30(36)29-27(22-6-4-3-5-7-22)18-25-11-8-23(32)19-35(25)29/h3-13,16-19H,14-15H2,1-2H3,(H,34,37). The molecule has 0 radical (unpaired) electrons. The Kier molecular flexibility index (Phi) is 7.61. The van der Waals surface area contributed by atoms with E-state index in [4.69, 9.17) is 21.1 Å². The van der Waals surface area contributed by atoms with E-state index in [9.17, 15) is 9.59 Å². The molecule has 0 atom stereocenters. The summed E-state index contributed by atoms with van der Waals surface area (Å²) in [6.45, 7) is 4.57. The Hall–Kier alpha value is -4.62. The topological polar surface area (TPSA) is 81.9 Å². The summed E-state index contributed by atoms with van der Waals surface area (Å²) in [5.41, 5.74) is 4.93. The van der Waals surface area contributed by atoms with Crippen molar-refractivity contribution >= 4 is 34.5 Å². The molecule has 0 saturated heterocycles. The number of rotatable bonds is 9. The van der Waals surface area contributed by atoms with Gasteiger partial charge in [-0.2, -0.15) is 0 Å². The second-order valence-electron chi connectivity index (χ2n) is 9.04. The minimum Gasteiger partial charge on any atom is -0.490 e. The maximum absolute atomic E-state index is 13.4. The van der Waals surface area contributed by atoms with Gasteiger partial charge in [0.05, 0.1) is 5.02 Å². The summed E-state index contributed by atoms with van der Waals surface area (Å²) < 4.78 is 13.0. The fourth-order valence-corrected chi connectivity index (χ4v) is 4.49. The third kappa shape index (κ3) is 6.10. The van der Waals surface area contributed by atoms with Gasteiger partial charge in [0.25, 0.3) is 11.7 Å². The zero-order chi connectivity index (χ0) is 27.4. The maximum Gasteiger partial charge on any atom is 0.298 e. The molecule has 7 nitrogen and oxygen atoms in total. The van der Waals surface area contributed by atoms with Crippen molar-refractivity contribution in [3.8, 4) is 22.8 Å². The summed E-state index contributed by atoms with van der Waals surface area (Å²) in [6, 6.07) is 25.5. The SMILES string of the molecule is Cc1cc(C)nc(OCCOc2ccc(NC(=O)C(=O)c3c(-c4ccccc4)cc4ccc(Cl)cn34)cc2)c1. The van der Waals surface area contributed by atoms with Crippen LogP contribution in [-0.2, 0) is 4.79 Å². The van der Waals surface area contributed by atoms with E-state index in [1.165, 1.54) is 0 Å². The number of aromatic nitrogens is 2. The highest BCUT2D eigenvalue weighted by Gasteiger charge is 2.25. The van der Waals surface area contributed by atoms with E-state index in [0.717, 1.165) is 22.3 Å². The predicted molar refractivity (Wildman–Crippen MR) is 152 cm³/mol. The Labute approximate surface area is 231 Å². The normalized spacial score (nSPS) is 10.8. The number of ether oxygens (including phenoxy) is 2. The third-order valence-corrected chi connectivity index (χ3v) is 6.25. The maximum atomic E-state index is 13.4. The van der Waals surface area contributed by atoms with Crippen LogP contribution in [0.2, 0.25) is 5.02 Å². The largest absolute Gasteiger partial charge is 0.490 e. The number of hydrogen-bond acceptors (Lipinski definition) is 5. The number of aryl methyl sites for hydroxylation is 2. The number of ketones is 1. The average Bonchev–Trinajstić information content (AvgIpc) is 3.30. The van der Waals surface area contributed by atoms with Gasteiger partial charge in [-0.15, -0.1) is 0 Å². The van der Waals surface area contributed by atoms with Gasteiger partial charge >= 0.3 is 0 Å². The van der Waals surface area contributed by atoms with E-state index in [1.54, 1.807) is 40.9 Å². The molecule has 0 aliphatic carbocycles. The van der Waals surface area contributed by atoms with Crippen molar-refractivity contribution in [2.75, 3.05) is 18.5 Å². The Morgan fingerprint density at radius 3 is 2.38 bits per heavy atom. The molecule has 0 spiro atoms. The van der Waals surface area contributed by atoms with Crippen molar-refractivity contribution in [2.24, 2.45) is 0 Å². The molecule has 0 aliphatic rings. The Bertz CT molecular complexity index is 1630. The van der Waals surface area contributed by atoms with Crippen LogP contribution in [0.3, 0.4) is 0 Å². The fourth-order valence-electron chi connectivity index (χ4n) is 4.33. The molecule has 0 unspecified atom stereocenters. The summed E-state index contributed by atoms with van der Waals surface area (Å²) in [4.78, 5) is 30.8. The van der Waals surface area contributed by atoms with Gasteiger partial charge in [0.2, 0.25) is 5.88 Å². The second-order valence-corrected chi connectivity index (χ2v) is 9.48. The molecule has 39 heavy (non-hydrogen) atoms. The number of halogens is 1. The zero-order valence-electron chi connectivity index (χ0n) is 21.5. The molecular formula is C31H26ClN3O4. The summed E-state index contributed by atoms with van der Waals surface area (Å²) in [5, 5.41) is 3.15. The number of benzene rings is 2. The number of amides is 1. The number of carbonyl (C=O) groups excluding carboxylic acids is 2. The highest BCUT2D eigenvalue weighted by molar-refractivity contribution is 6.47. The number of anilines is 1. The molecule has 1 amide bonds. The predicted octanol–water partition coefficient (Wildman–Crippen LogP) is 6.55. The van der Waals surface area contributed by atoms with Gasteiger partial charge in [0.1, 0.15) is 24.7 Å². The molecule has 3 aromatic heterocycles. The van der Waals surface area contributed by atoms with Crippen molar-refractivity contribution in [1.29, 1.82) is 0 Å². The number of hydrogen-bond donors (Lipinski definition) is 1. The third-order valence-electron chi connectivity index (χ3n) is 6.03. The van der Waals surface area contributed by atoms with Crippen molar-refractivity contribution < 1.29 is 19.1 Å². The molecule has 196 valence electrons. The lowest BCUT2D eigenvalue weighted by atomic mass is 10.0. The van der Waals surface area contributed by atoms with Crippen LogP contribution >= 0.6 is 11.6 Å². The van der Waals surface area contributed by atoms with Crippen LogP contribution in [0.25, 0.3) is 16.6 Å². The molecule has 1 N–H and O–H groups in total. The van der Waals surface area contributed by atoms with Gasteiger partial charge in [0, 0.05) is 34.7 Å². The lowest BCUT2D eigenvalue weighted by Gasteiger charge is -2.10. The van der Waals surface area contributed by atoms with Crippen LogP contribution in [0.4, 0.5) is 5.69 Å². The lowest BCUT2D eigenvalue weighted by Crippen LogP contribution is -2.24. The van der Waals surface area contributed by atoms with Gasteiger partial charge < -0.3 is 19.2 Å². The monoisotopic (exact) mass is 539 g/mol. The van der Waals surface area contributed by atoms with Crippen LogP contribution in [-0.4, -0.2) is 34.3 Å². The van der Waals surface area contributed by atoms with Gasteiger partial charge in [-0.1, -0.05) is 41.9 Å². The van der Waals surface area contributed by atoms with E-state index in [2.05, 4.69) is 10.3 Å². The average molecular weight is 540 g/mol. The van der Waals surface area contributed by atoms with Gasteiger partial charge in [-0.25, -0.2) is 4.98 Å². The molecule has 2 aromatic carbocycles. The Balaban J connectivity index is 1.25. The van der Waals surface area contributed by atoms with Gasteiger partial charge in [0.15, 0.2) is 0 Å².